The van der Waals surface area contributed by atoms with Crippen LogP contribution in [0.25, 0.3) is 0 Å². The molecule has 35 heavy (non-hydrogen) atoms. The number of benzene rings is 2. The van der Waals surface area contributed by atoms with Crippen molar-refractivity contribution in [2.75, 3.05) is 27.2 Å². The second-order valence-corrected chi connectivity index (χ2v) is 9.24. The molecule has 7 nitrogen and oxygen atoms in total. The molecule has 3 atom stereocenters. The Morgan fingerprint density at radius 3 is 2.37 bits per heavy atom. The van der Waals surface area contributed by atoms with E-state index in [-0.39, 0.29) is 31.2 Å². The van der Waals surface area contributed by atoms with Gasteiger partial charge in [-0.2, -0.15) is 0 Å². The molecule has 1 aliphatic heterocycles. The van der Waals surface area contributed by atoms with Gasteiger partial charge in [-0.15, -0.1) is 0 Å². The van der Waals surface area contributed by atoms with Crippen LogP contribution in [0.1, 0.15) is 48.9 Å². The van der Waals surface area contributed by atoms with Crippen LogP contribution >= 0.6 is 0 Å². The Kier molecular flexibility index (Phi) is 8.43. The van der Waals surface area contributed by atoms with Crippen LogP contribution in [0.15, 0.2) is 48.5 Å². The van der Waals surface area contributed by atoms with Gasteiger partial charge in [0.2, 0.25) is 11.8 Å². The Bertz CT molecular complexity index is 1060. The Morgan fingerprint density at radius 1 is 1.09 bits per heavy atom. The first-order chi connectivity index (χ1) is 16.6. The summed E-state index contributed by atoms with van der Waals surface area (Å²) in [4.78, 5) is 40.2. The van der Waals surface area contributed by atoms with E-state index in [2.05, 4.69) is 10.6 Å². The van der Waals surface area contributed by atoms with Gasteiger partial charge in [-0.05, 0) is 28.7 Å². The average molecular weight is 487 g/mol. The summed E-state index contributed by atoms with van der Waals surface area (Å²) in [5.41, 5.74) is 1.83. The topological polar surface area (TPSA) is 81.8 Å². The van der Waals surface area contributed by atoms with Crippen molar-refractivity contribution in [1.82, 2.24) is 20.4 Å². The maximum absolute atomic E-state index is 14.8. The molecule has 4 amide bonds. The zero-order chi connectivity index (χ0) is 25.7. The highest BCUT2D eigenvalue weighted by molar-refractivity contribution is 5.91. The number of rotatable bonds is 7. The number of amides is 4. The number of carbonyl (C=O) groups is 3. The zero-order valence-electron chi connectivity index (χ0n) is 20.4. The van der Waals surface area contributed by atoms with Gasteiger partial charge in [-0.1, -0.05) is 56.3 Å². The van der Waals surface area contributed by atoms with Crippen molar-refractivity contribution in [2.24, 2.45) is 0 Å². The van der Waals surface area contributed by atoms with Crippen LogP contribution < -0.4 is 10.6 Å². The predicted molar refractivity (Wildman–Crippen MR) is 129 cm³/mol. The molecule has 3 rings (SSSR count). The summed E-state index contributed by atoms with van der Waals surface area (Å²) in [6, 6.07) is 11.7. The first-order valence-electron chi connectivity index (χ1n) is 11.6. The van der Waals surface area contributed by atoms with Crippen LogP contribution in [-0.2, 0) is 9.59 Å². The second kappa shape index (κ2) is 11.3. The summed E-state index contributed by atoms with van der Waals surface area (Å²) >= 11 is 0. The minimum Gasteiger partial charge on any atom is -0.343 e. The van der Waals surface area contributed by atoms with Gasteiger partial charge in [-0.25, -0.2) is 13.6 Å². The van der Waals surface area contributed by atoms with E-state index in [0.717, 1.165) is 10.5 Å². The van der Waals surface area contributed by atoms with Gasteiger partial charge in [0, 0.05) is 20.5 Å². The summed E-state index contributed by atoms with van der Waals surface area (Å²) in [6.07, 6.45) is -1.52. The number of alkyl halides is 1. The van der Waals surface area contributed by atoms with Crippen molar-refractivity contribution in [2.45, 2.75) is 44.4 Å². The van der Waals surface area contributed by atoms with Gasteiger partial charge in [0.05, 0.1) is 19.1 Å². The summed E-state index contributed by atoms with van der Waals surface area (Å²) in [5.74, 6) is -1.46. The van der Waals surface area contributed by atoms with E-state index in [1.54, 1.807) is 12.1 Å². The number of halogens is 2. The van der Waals surface area contributed by atoms with Crippen LogP contribution in [0, 0.1) is 5.82 Å². The SMILES string of the molecule is CC(C)c1ccc(C(NC(=O)C2CC(F)CN2C(=O)CNC(=O)N(C)C)c2ccccc2)cc1F. The van der Waals surface area contributed by atoms with Crippen molar-refractivity contribution >= 4 is 17.8 Å². The Morgan fingerprint density at radius 2 is 1.77 bits per heavy atom. The molecule has 1 fully saturated rings. The van der Waals surface area contributed by atoms with E-state index in [4.69, 9.17) is 0 Å². The van der Waals surface area contributed by atoms with E-state index in [9.17, 15) is 23.2 Å². The highest BCUT2D eigenvalue weighted by atomic mass is 19.1. The molecule has 1 heterocycles. The van der Waals surface area contributed by atoms with Gasteiger partial charge in [0.15, 0.2) is 0 Å². The molecule has 0 spiro atoms. The van der Waals surface area contributed by atoms with Gasteiger partial charge in [0.25, 0.3) is 0 Å². The highest BCUT2D eigenvalue weighted by Gasteiger charge is 2.40. The zero-order valence-corrected chi connectivity index (χ0v) is 20.4. The predicted octanol–water partition coefficient (Wildman–Crippen LogP) is 3.36. The molecular weight excluding hydrogens is 454 g/mol. The van der Waals surface area contributed by atoms with Crippen LogP contribution in [0.3, 0.4) is 0 Å². The van der Waals surface area contributed by atoms with Crippen molar-refractivity contribution < 1.29 is 23.2 Å². The lowest BCUT2D eigenvalue weighted by Gasteiger charge is -2.27. The number of nitrogens with one attached hydrogen (secondary N) is 2. The molecule has 2 aromatic carbocycles. The second-order valence-electron chi connectivity index (χ2n) is 9.24. The van der Waals surface area contributed by atoms with Crippen LogP contribution in [-0.4, -0.2) is 67.0 Å². The maximum atomic E-state index is 14.8. The first-order valence-corrected chi connectivity index (χ1v) is 11.6. The molecule has 0 radical (unpaired) electrons. The highest BCUT2D eigenvalue weighted by Crippen LogP contribution is 2.28. The number of carbonyl (C=O) groups excluding carboxylic acids is 3. The fourth-order valence-electron chi connectivity index (χ4n) is 4.15. The third-order valence-electron chi connectivity index (χ3n) is 6.07. The monoisotopic (exact) mass is 486 g/mol. The van der Waals surface area contributed by atoms with Crippen molar-refractivity contribution in [3.05, 3.63) is 71.0 Å². The Balaban J connectivity index is 1.83. The van der Waals surface area contributed by atoms with E-state index < -0.39 is 36.1 Å². The number of hydrogen-bond donors (Lipinski definition) is 2. The molecule has 2 aromatic rings. The maximum Gasteiger partial charge on any atom is 0.317 e. The third kappa shape index (κ3) is 6.35. The summed E-state index contributed by atoms with van der Waals surface area (Å²) < 4.78 is 29.1. The average Bonchev–Trinajstić information content (AvgIpc) is 3.22. The smallest absolute Gasteiger partial charge is 0.317 e. The van der Waals surface area contributed by atoms with Crippen LogP contribution in [0.2, 0.25) is 0 Å². The van der Waals surface area contributed by atoms with Crippen LogP contribution in [0.4, 0.5) is 13.6 Å². The first kappa shape index (κ1) is 26.1. The number of urea groups is 1. The number of nitrogens with zero attached hydrogens (tertiary/aromatic N) is 2. The lowest BCUT2D eigenvalue weighted by molar-refractivity contribution is -0.137. The molecule has 188 valence electrons. The molecule has 0 aliphatic carbocycles. The molecule has 1 aliphatic rings. The number of likely N-dealkylation sites (tertiary alicyclic amines) is 1. The molecule has 3 unspecified atom stereocenters. The van der Waals surface area contributed by atoms with E-state index >= 15 is 0 Å². The van der Waals surface area contributed by atoms with Gasteiger partial charge in [-0.3, -0.25) is 9.59 Å². The standard InChI is InChI=1S/C26H32F2N4O3/c1-16(2)20-11-10-18(12-21(20)28)24(17-8-6-5-7-9-17)30-25(34)22-13-19(27)15-32(22)23(33)14-29-26(35)31(3)4/h5-12,16,19,22,24H,13-15H2,1-4H3,(H,29,35)(H,30,34). The van der Waals surface area contributed by atoms with Gasteiger partial charge >= 0.3 is 6.03 Å². The fraction of sp³-hybridized carbons (Fsp3) is 0.423. The molecule has 0 saturated carbocycles. The van der Waals surface area contributed by atoms with Gasteiger partial charge < -0.3 is 20.4 Å². The quantitative estimate of drug-likeness (QED) is 0.630. The third-order valence-corrected chi connectivity index (χ3v) is 6.07. The van der Waals surface area contributed by atoms with E-state index in [1.165, 1.54) is 25.1 Å². The van der Waals surface area contributed by atoms with Crippen LogP contribution in [0.5, 0.6) is 0 Å². The summed E-state index contributed by atoms with van der Waals surface area (Å²) in [7, 11) is 3.06. The molecule has 0 aromatic heterocycles. The largest absolute Gasteiger partial charge is 0.343 e. The van der Waals surface area contributed by atoms with E-state index in [1.807, 2.05) is 44.2 Å². The lowest BCUT2D eigenvalue weighted by atomic mass is 9.94. The number of hydrogen-bond acceptors (Lipinski definition) is 3. The summed E-state index contributed by atoms with van der Waals surface area (Å²) in [5, 5.41) is 5.34. The normalized spacial score (nSPS) is 18.3. The molecule has 0 bridgehead atoms. The fourth-order valence-corrected chi connectivity index (χ4v) is 4.15. The lowest BCUT2D eigenvalue weighted by Crippen LogP contribution is -2.50. The Hall–Kier alpha value is -3.49. The van der Waals surface area contributed by atoms with E-state index in [0.29, 0.717) is 11.1 Å². The minimum atomic E-state index is -1.36. The molecule has 2 N–H and O–H groups in total. The van der Waals surface area contributed by atoms with Crippen molar-refractivity contribution in [3.8, 4) is 0 Å². The molecular formula is C26H32F2N4O3. The van der Waals surface area contributed by atoms with Crippen molar-refractivity contribution in [1.29, 1.82) is 0 Å². The van der Waals surface area contributed by atoms with Crippen molar-refractivity contribution in [3.63, 3.8) is 0 Å². The summed E-state index contributed by atoms with van der Waals surface area (Å²) in [6.45, 7) is 3.21. The minimum absolute atomic E-state index is 0.00125. The van der Waals surface area contributed by atoms with Gasteiger partial charge in [0.1, 0.15) is 18.0 Å². The Labute approximate surface area is 204 Å². The molecule has 9 heteroatoms. The molecule has 1 saturated heterocycles.